The molecule has 5 heterocycles. The van der Waals surface area contributed by atoms with Crippen molar-refractivity contribution in [3.05, 3.63) is 174 Å². The highest BCUT2D eigenvalue weighted by atomic mass is 32.1. The number of rotatable bonds is 6. The van der Waals surface area contributed by atoms with Crippen LogP contribution in [-0.2, 0) is 6.42 Å². The van der Waals surface area contributed by atoms with Crippen LogP contribution in [0.25, 0.3) is 76.4 Å². The largest absolute Gasteiger partial charge is 0.301 e. The van der Waals surface area contributed by atoms with Crippen molar-refractivity contribution >= 4 is 61.5 Å². The van der Waals surface area contributed by atoms with E-state index < -0.39 is 8.07 Å². The number of hydrogen-bond donors (Lipinski definition) is 0. The SMILES string of the molecule is C=C1CC2C(CCc3ccc4c(sc5ccccc54)c3-c3n(-c4c(C(C)C)cc(-c5ccccc5)cc4C(C)C)c4ccccc4[n+]31)c1ccccc1-c1cc(C(C)C)c([Si](C)(C)C)c[n+]12. The topological polar surface area (TPSA) is 12.7 Å². The third kappa shape index (κ3) is 6.79. The van der Waals surface area contributed by atoms with Crippen LogP contribution >= 0.6 is 11.3 Å². The molecule has 0 aliphatic carbocycles. The molecule has 2 unspecified atom stereocenters. The van der Waals surface area contributed by atoms with Crippen LogP contribution in [0.3, 0.4) is 0 Å². The van der Waals surface area contributed by atoms with Gasteiger partial charge in [-0.15, -0.1) is 11.3 Å². The molecule has 0 N–H and O–H groups in total. The van der Waals surface area contributed by atoms with Crippen LogP contribution in [0.2, 0.25) is 19.6 Å². The lowest BCUT2D eigenvalue weighted by Crippen LogP contribution is -2.54. The second-order valence-corrected chi connectivity index (χ2v) is 27.2. The standard InChI is InChI=1S/C61H63N3SSi/c1-37(2)49-35-55-45-23-15-14-22-44(45)46-30-28-42-29-31-48-47-24-16-19-27-56(47)65-60(48)58(42)61-63(40(7)32-54(46)62(55)36-57(49)66(8,9)10)52-25-17-18-26-53(52)64(61)59-50(38(3)4)33-43(34-51(59)39(5)6)41-20-12-11-13-21-41/h11-27,29,31,33-39,46,54H,7,28,30,32H2,1-6,8-10H3/q+2. The van der Waals surface area contributed by atoms with Gasteiger partial charge in [0.25, 0.3) is 0 Å². The first-order valence-electron chi connectivity index (χ1n) is 24.4. The van der Waals surface area contributed by atoms with Crippen LogP contribution in [0, 0.1) is 0 Å². The molecular formula is C61H63N3SSi+2. The maximum atomic E-state index is 5.24. The van der Waals surface area contributed by atoms with Gasteiger partial charge in [-0.2, -0.15) is 13.7 Å². The van der Waals surface area contributed by atoms with Crippen LogP contribution in [-0.4, -0.2) is 12.6 Å². The van der Waals surface area contributed by atoms with Gasteiger partial charge in [-0.3, -0.25) is 0 Å². The first kappa shape index (κ1) is 42.7. The van der Waals surface area contributed by atoms with Gasteiger partial charge in [-0.1, -0.05) is 159 Å². The molecule has 2 aliphatic heterocycles. The van der Waals surface area contributed by atoms with E-state index in [2.05, 4.69) is 215 Å². The molecule has 2 atom stereocenters. The van der Waals surface area contributed by atoms with Crippen molar-refractivity contribution < 1.29 is 9.13 Å². The van der Waals surface area contributed by atoms with Gasteiger partial charge in [0.2, 0.25) is 5.69 Å². The van der Waals surface area contributed by atoms with Gasteiger partial charge in [0.15, 0.2) is 23.3 Å². The smallest absolute Gasteiger partial charge is 0.195 e. The second-order valence-electron chi connectivity index (χ2n) is 21.1. The summed E-state index contributed by atoms with van der Waals surface area (Å²) in [5, 5.41) is 4.24. The minimum Gasteiger partial charge on any atom is -0.195 e. The number of allylic oxidation sites excluding steroid dienone is 1. The molecule has 0 fully saturated rings. The van der Waals surface area contributed by atoms with E-state index in [1.807, 2.05) is 11.3 Å². The highest BCUT2D eigenvalue weighted by Gasteiger charge is 2.45. The quantitative estimate of drug-likeness (QED) is 0.117. The van der Waals surface area contributed by atoms with Crippen LogP contribution in [0.4, 0.5) is 0 Å². The van der Waals surface area contributed by atoms with E-state index in [4.69, 9.17) is 6.58 Å². The summed E-state index contributed by atoms with van der Waals surface area (Å²) in [7, 11) is -1.73. The maximum Gasteiger partial charge on any atom is 0.301 e. The van der Waals surface area contributed by atoms with E-state index in [0.717, 1.165) is 25.0 Å². The van der Waals surface area contributed by atoms with Crippen molar-refractivity contribution in [3.8, 4) is 39.5 Å². The lowest BCUT2D eigenvalue weighted by Gasteiger charge is -2.33. The fraction of sp³-hybridized carbons (Fsp3) is 0.279. The molecule has 0 saturated heterocycles. The number of nitrogens with zero attached hydrogens (tertiary/aromatic N) is 3. The van der Waals surface area contributed by atoms with E-state index in [0.29, 0.717) is 11.8 Å². The maximum absolute atomic E-state index is 5.24. The molecule has 0 saturated carbocycles. The van der Waals surface area contributed by atoms with E-state index in [-0.39, 0.29) is 17.9 Å². The zero-order valence-corrected chi connectivity index (χ0v) is 42.1. The summed E-state index contributed by atoms with van der Waals surface area (Å²) in [5.74, 6) is 2.53. The highest BCUT2D eigenvalue weighted by Crippen LogP contribution is 2.49. The van der Waals surface area contributed by atoms with E-state index in [1.165, 1.54) is 98.5 Å². The fourth-order valence-corrected chi connectivity index (χ4v) is 14.7. The summed E-state index contributed by atoms with van der Waals surface area (Å²) in [5.41, 5.74) is 18.6. The van der Waals surface area contributed by atoms with Crippen molar-refractivity contribution in [1.29, 1.82) is 0 Å². The summed E-state index contributed by atoms with van der Waals surface area (Å²) < 4.78 is 10.7. The Labute approximate surface area is 396 Å². The Hall–Kier alpha value is -5.88. The van der Waals surface area contributed by atoms with Crippen molar-refractivity contribution in [2.45, 2.75) is 110 Å². The second kappa shape index (κ2) is 16.2. The number of pyridine rings is 1. The van der Waals surface area contributed by atoms with E-state index >= 15 is 0 Å². The summed E-state index contributed by atoms with van der Waals surface area (Å²) >= 11 is 1.96. The molecule has 66 heavy (non-hydrogen) atoms. The molecule has 3 nitrogen and oxygen atoms in total. The number of para-hydroxylation sites is 2. The average Bonchev–Trinajstić information content (AvgIpc) is 3.86. The normalized spacial score (nSPS) is 16.2. The number of imidazole rings is 1. The molecule has 11 rings (SSSR count). The Kier molecular flexibility index (Phi) is 10.5. The van der Waals surface area contributed by atoms with Crippen molar-refractivity contribution in [1.82, 2.24) is 4.57 Å². The van der Waals surface area contributed by atoms with Gasteiger partial charge >= 0.3 is 5.82 Å². The van der Waals surface area contributed by atoms with Gasteiger partial charge in [-0.05, 0) is 94.8 Å². The molecule has 0 spiro atoms. The zero-order chi connectivity index (χ0) is 45.8. The summed E-state index contributed by atoms with van der Waals surface area (Å²) in [6.07, 6.45) is 5.45. The van der Waals surface area contributed by atoms with Crippen molar-refractivity contribution in [3.63, 3.8) is 0 Å². The minimum absolute atomic E-state index is 0.193. The Balaban J connectivity index is 1.26. The van der Waals surface area contributed by atoms with Gasteiger partial charge in [-0.25, -0.2) is 0 Å². The Bertz CT molecular complexity index is 3370. The average molecular weight is 898 g/mol. The molecule has 6 aromatic carbocycles. The predicted molar refractivity (Wildman–Crippen MR) is 285 cm³/mol. The van der Waals surface area contributed by atoms with Gasteiger partial charge in [0.1, 0.15) is 11.4 Å². The molecule has 0 bridgehead atoms. The monoisotopic (exact) mass is 897 g/mol. The molecule has 3 aromatic heterocycles. The Morgan fingerprint density at radius 1 is 0.682 bits per heavy atom. The molecule has 330 valence electrons. The van der Waals surface area contributed by atoms with Gasteiger partial charge < -0.3 is 0 Å². The first-order chi connectivity index (χ1) is 31.8. The van der Waals surface area contributed by atoms with Gasteiger partial charge in [0, 0.05) is 49.3 Å². The number of hydrogen-bond acceptors (Lipinski definition) is 1. The van der Waals surface area contributed by atoms with Crippen LogP contribution in [0.1, 0.15) is 112 Å². The fourth-order valence-electron chi connectivity index (χ4n) is 11.7. The lowest BCUT2D eigenvalue weighted by molar-refractivity contribution is -0.719. The molecule has 5 heteroatoms. The predicted octanol–water partition coefficient (Wildman–Crippen LogP) is 15.6. The third-order valence-corrected chi connectivity index (χ3v) is 18.1. The molecule has 0 amide bonds. The summed E-state index contributed by atoms with van der Waals surface area (Å²) in [4.78, 5) is 0. The number of aryl methyl sites for hydroxylation is 1. The molecule has 0 radical (unpaired) electrons. The Morgan fingerprint density at radius 2 is 1.35 bits per heavy atom. The molecule has 2 aliphatic rings. The molecule has 9 aromatic rings. The van der Waals surface area contributed by atoms with Crippen molar-refractivity contribution in [2.75, 3.05) is 0 Å². The number of aromatic nitrogens is 3. The number of fused-ring (bicyclic) bond motifs is 15. The molecular weight excluding hydrogens is 835 g/mol. The van der Waals surface area contributed by atoms with Gasteiger partial charge in [0.05, 0.1) is 24.8 Å². The minimum atomic E-state index is -1.73. The van der Waals surface area contributed by atoms with Crippen LogP contribution in [0.5, 0.6) is 0 Å². The zero-order valence-electron chi connectivity index (χ0n) is 40.2. The highest BCUT2D eigenvalue weighted by molar-refractivity contribution is 7.26. The van der Waals surface area contributed by atoms with E-state index in [9.17, 15) is 0 Å². The lowest BCUT2D eigenvalue weighted by atomic mass is 9.77. The van der Waals surface area contributed by atoms with Crippen LogP contribution in [0.15, 0.2) is 146 Å². The summed E-state index contributed by atoms with van der Waals surface area (Å²) in [6, 6.07) is 51.2. The first-order valence-corrected chi connectivity index (χ1v) is 28.7. The van der Waals surface area contributed by atoms with Crippen LogP contribution < -0.4 is 14.3 Å². The van der Waals surface area contributed by atoms with Crippen molar-refractivity contribution in [2.24, 2.45) is 0 Å². The summed E-state index contributed by atoms with van der Waals surface area (Å²) in [6.45, 7) is 27.1. The van der Waals surface area contributed by atoms with E-state index in [1.54, 1.807) is 5.19 Å². The Morgan fingerprint density at radius 3 is 2.08 bits per heavy atom. The third-order valence-electron chi connectivity index (χ3n) is 14.9. The number of benzene rings is 6. The number of thiophene rings is 1.